The topological polar surface area (TPSA) is 42.9 Å². The largest absolute Gasteiger partial charge is 0.482 e. The molecule has 1 aliphatic rings. The van der Waals surface area contributed by atoms with Gasteiger partial charge < -0.3 is 9.47 Å². The van der Waals surface area contributed by atoms with Crippen LogP contribution in [0.5, 0.6) is 0 Å². The molecule has 0 bridgehead atoms. The highest BCUT2D eigenvalue weighted by atomic mass is 16.5. The molecule has 0 spiro atoms. The summed E-state index contributed by atoms with van der Waals surface area (Å²) in [6, 6.07) is 0.532. The minimum Gasteiger partial charge on any atom is -0.482 e. The zero-order valence-electron chi connectivity index (χ0n) is 7.63. The standard InChI is InChI=1S/C8H14N2O2/c1-6(2)12-8-9-5-4-7(10-8)11-3/h4,6H,5H2,1-3H3,(H,9,10). The Kier molecular flexibility index (Phi) is 2.96. The van der Waals surface area contributed by atoms with Gasteiger partial charge in [-0.1, -0.05) is 0 Å². The lowest BCUT2D eigenvalue weighted by Crippen LogP contribution is -2.31. The minimum absolute atomic E-state index is 0.132. The zero-order chi connectivity index (χ0) is 8.97. The number of amidine groups is 1. The van der Waals surface area contributed by atoms with Gasteiger partial charge in [0.2, 0.25) is 0 Å². The van der Waals surface area contributed by atoms with Gasteiger partial charge in [-0.2, -0.15) is 0 Å². The van der Waals surface area contributed by atoms with E-state index in [4.69, 9.17) is 9.47 Å². The molecule has 0 fully saturated rings. The van der Waals surface area contributed by atoms with Gasteiger partial charge in [0.1, 0.15) is 0 Å². The van der Waals surface area contributed by atoms with Crippen molar-refractivity contribution in [2.45, 2.75) is 20.0 Å². The van der Waals surface area contributed by atoms with E-state index < -0.39 is 0 Å². The summed E-state index contributed by atoms with van der Waals surface area (Å²) in [6.45, 7) is 4.52. The Morgan fingerprint density at radius 2 is 2.33 bits per heavy atom. The summed E-state index contributed by atoms with van der Waals surface area (Å²) in [5, 5.41) is 2.90. The molecule has 0 saturated heterocycles. The average molecular weight is 170 g/mol. The van der Waals surface area contributed by atoms with E-state index in [9.17, 15) is 0 Å². The van der Waals surface area contributed by atoms with Gasteiger partial charge in [0.05, 0.1) is 19.8 Å². The third-order valence-electron chi connectivity index (χ3n) is 1.31. The second-order valence-corrected chi connectivity index (χ2v) is 2.71. The number of hydrogen-bond donors (Lipinski definition) is 1. The van der Waals surface area contributed by atoms with Crippen LogP contribution in [-0.2, 0) is 9.47 Å². The Hall–Kier alpha value is -1.19. The van der Waals surface area contributed by atoms with E-state index in [1.807, 2.05) is 19.9 Å². The van der Waals surface area contributed by atoms with Crippen molar-refractivity contribution in [3.05, 3.63) is 12.0 Å². The second-order valence-electron chi connectivity index (χ2n) is 2.71. The normalized spacial score (nSPS) is 16.3. The molecule has 0 amide bonds. The van der Waals surface area contributed by atoms with Crippen molar-refractivity contribution in [3.8, 4) is 0 Å². The maximum atomic E-state index is 5.34. The summed E-state index contributed by atoms with van der Waals surface area (Å²) in [4.78, 5) is 4.09. The van der Waals surface area contributed by atoms with Gasteiger partial charge in [0.25, 0.3) is 6.02 Å². The summed E-state index contributed by atoms with van der Waals surface area (Å²) < 4.78 is 10.3. The van der Waals surface area contributed by atoms with E-state index >= 15 is 0 Å². The van der Waals surface area contributed by atoms with Crippen LogP contribution in [0.15, 0.2) is 17.0 Å². The summed E-state index contributed by atoms with van der Waals surface area (Å²) >= 11 is 0. The van der Waals surface area contributed by atoms with Gasteiger partial charge in [0, 0.05) is 0 Å². The first-order valence-electron chi connectivity index (χ1n) is 3.94. The van der Waals surface area contributed by atoms with Crippen molar-refractivity contribution in [2.75, 3.05) is 13.7 Å². The van der Waals surface area contributed by atoms with Crippen LogP contribution >= 0.6 is 0 Å². The van der Waals surface area contributed by atoms with Crippen LogP contribution in [0.2, 0.25) is 0 Å². The Balaban J connectivity index is 2.43. The van der Waals surface area contributed by atoms with E-state index in [2.05, 4.69) is 10.3 Å². The van der Waals surface area contributed by atoms with Gasteiger partial charge in [-0.05, 0) is 19.9 Å². The predicted molar refractivity (Wildman–Crippen MR) is 46.8 cm³/mol. The zero-order valence-corrected chi connectivity index (χ0v) is 7.63. The van der Waals surface area contributed by atoms with Crippen LogP contribution in [0.3, 0.4) is 0 Å². The van der Waals surface area contributed by atoms with Crippen LogP contribution in [0.1, 0.15) is 13.8 Å². The first-order chi connectivity index (χ1) is 5.72. The first kappa shape index (κ1) is 8.90. The molecule has 0 atom stereocenters. The molecule has 1 rings (SSSR count). The smallest absolute Gasteiger partial charge is 0.292 e. The van der Waals surface area contributed by atoms with E-state index in [1.54, 1.807) is 7.11 Å². The molecule has 0 aliphatic carbocycles. The fourth-order valence-corrected chi connectivity index (χ4v) is 0.832. The highest BCUT2D eigenvalue weighted by Crippen LogP contribution is 1.99. The van der Waals surface area contributed by atoms with Gasteiger partial charge in [-0.15, -0.1) is 0 Å². The molecule has 0 aromatic heterocycles. The van der Waals surface area contributed by atoms with E-state index in [1.165, 1.54) is 0 Å². The lowest BCUT2D eigenvalue weighted by molar-refractivity contribution is 0.201. The molecule has 1 heterocycles. The van der Waals surface area contributed by atoms with Crippen molar-refractivity contribution < 1.29 is 9.47 Å². The fraction of sp³-hybridized carbons (Fsp3) is 0.625. The number of nitrogens with one attached hydrogen (secondary N) is 1. The monoisotopic (exact) mass is 170 g/mol. The van der Waals surface area contributed by atoms with Crippen molar-refractivity contribution in [1.29, 1.82) is 0 Å². The van der Waals surface area contributed by atoms with Gasteiger partial charge in [-0.25, -0.2) is 4.99 Å². The van der Waals surface area contributed by atoms with Crippen LogP contribution in [0.4, 0.5) is 0 Å². The molecule has 0 saturated carbocycles. The number of hydrogen-bond acceptors (Lipinski definition) is 4. The molecule has 0 radical (unpaired) electrons. The molecule has 1 aliphatic heterocycles. The number of aliphatic imine (C=N–C) groups is 1. The minimum atomic E-state index is 0.132. The van der Waals surface area contributed by atoms with E-state index in [0.717, 1.165) is 0 Å². The molecule has 12 heavy (non-hydrogen) atoms. The van der Waals surface area contributed by atoms with Gasteiger partial charge in [0.15, 0.2) is 5.88 Å². The van der Waals surface area contributed by atoms with Crippen molar-refractivity contribution in [2.24, 2.45) is 4.99 Å². The second kappa shape index (κ2) is 3.99. The van der Waals surface area contributed by atoms with Crippen LogP contribution < -0.4 is 5.32 Å². The molecule has 68 valence electrons. The molecular formula is C8H14N2O2. The molecule has 4 heteroatoms. The number of methoxy groups -OCH3 is 1. The van der Waals surface area contributed by atoms with E-state index in [0.29, 0.717) is 18.4 Å². The average Bonchev–Trinajstić information content (AvgIpc) is 2.03. The maximum Gasteiger partial charge on any atom is 0.292 e. The highest BCUT2D eigenvalue weighted by molar-refractivity contribution is 5.76. The summed E-state index contributed by atoms with van der Waals surface area (Å²) in [5.74, 6) is 0.695. The van der Waals surface area contributed by atoms with Crippen LogP contribution in [-0.4, -0.2) is 25.8 Å². The SMILES string of the molecule is COC1=CCN=C(OC(C)C)N1. The lowest BCUT2D eigenvalue weighted by atomic mass is 10.5. The summed E-state index contributed by atoms with van der Waals surface area (Å²) in [6.07, 6.45) is 1.99. The fourth-order valence-electron chi connectivity index (χ4n) is 0.832. The molecule has 0 aromatic carbocycles. The third kappa shape index (κ3) is 2.45. The van der Waals surface area contributed by atoms with Gasteiger partial charge in [-0.3, -0.25) is 5.32 Å². The third-order valence-corrected chi connectivity index (χ3v) is 1.31. The Labute approximate surface area is 72.3 Å². The predicted octanol–water partition coefficient (Wildman–Crippen LogP) is 0.858. The molecule has 1 N–H and O–H groups in total. The van der Waals surface area contributed by atoms with Crippen molar-refractivity contribution >= 4 is 6.02 Å². The summed E-state index contributed by atoms with van der Waals surface area (Å²) in [7, 11) is 1.61. The lowest BCUT2D eigenvalue weighted by Gasteiger charge is -2.17. The molecule has 0 aromatic rings. The Morgan fingerprint density at radius 1 is 1.58 bits per heavy atom. The number of rotatable bonds is 2. The quantitative estimate of drug-likeness (QED) is 0.668. The van der Waals surface area contributed by atoms with Crippen molar-refractivity contribution in [3.63, 3.8) is 0 Å². The van der Waals surface area contributed by atoms with Crippen molar-refractivity contribution in [1.82, 2.24) is 5.32 Å². The maximum absolute atomic E-state index is 5.34. The molecular weight excluding hydrogens is 156 g/mol. The molecule has 4 nitrogen and oxygen atoms in total. The summed E-state index contributed by atoms with van der Waals surface area (Å²) in [5.41, 5.74) is 0. The van der Waals surface area contributed by atoms with Gasteiger partial charge >= 0.3 is 0 Å². The highest BCUT2D eigenvalue weighted by Gasteiger charge is 2.09. The van der Waals surface area contributed by atoms with E-state index in [-0.39, 0.29) is 6.10 Å². The first-order valence-corrected chi connectivity index (χ1v) is 3.94. The Bertz CT molecular complexity index is 209. The van der Waals surface area contributed by atoms with Crippen LogP contribution in [0.25, 0.3) is 0 Å². The number of nitrogens with zero attached hydrogens (tertiary/aromatic N) is 1. The Morgan fingerprint density at radius 3 is 2.92 bits per heavy atom. The number of ether oxygens (including phenoxy) is 2. The molecule has 0 unspecified atom stereocenters. The van der Waals surface area contributed by atoms with Crippen LogP contribution in [0, 0.1) is 0 Å².